The quantitative estimate of drug-likeness (QED) is 0.427. The van der Waals surface area contributed by atoms with E-state index in [-0.39, 0.29) is 11.3 Å². The van der Waals surface area contributed by atoms with E-state index in [4.69, 9.17) is 14.9 Å². The number of nitrogens with one attached hydrogen (secondary N) is 1. The minimum Gasteiger partial charge on any atom is -0.494 e. The molecule has 3 N–H and O–H groups in total. The van der Waals surface area contributed by atoms with Crippen LogP contribution in [-0.4, -0.2) is 36.1 Å². The van der Waals surface area contributed by atoms with Gasteiger partial charge in [0.05, 0.1) is 12.8 Å². The second kappa shape index (κ2) is 13.7. The van der Waals surface area contributed by atoms with E-state index in [1.54, 1.807) is 26.0 Å². The molecule has 0 aliphatic carbocycles. The summed E-state index contributed by atoms with van der Waals surface area (Å²) in [5.41, 5.74) is 5.29. The summed E-state index contributed by atoms with van der Waals surface area (Å²) in [6.07, 6.45) is -2.71. The molecule has 3 aromatic rings. The van der Waals surface area contributed by atoms with Crippen LogP contribution >= 0.6 is 0 Å². The Balaban J connectivity index is 0.000000429. The van der Waals surface area contributed by atoms with E-state index in [0.717, 1.165) is 31.1 Å². The zero-order chi connectivity index (χ0) is 26.8. The van der Waals surface area contributed by atoms with Gasteiger partial charge in [-0.2, -0.15) is 13.2 Å². The van der Waals surface area contributed by atoms with Crippen LogP contribution in [0.25, 0.3) is 22.4 Å². The average Bonchev–Trinajstić information content (AvgIpc) is 3.10. The Hall–Kier alpha value is -3.14. The van der Waals surface area contributed by atoms with E-state index in [9.17, 15) is 18.0 Å². The molecule has 194 valence electrons. The molecule has 3 rings (SSSR count). The van der Waals surface area contributed by atoms with Crippen LogP contribution in [-0.2, 0) is 11.0 Å². The number of methoxy groups -OCH3 is 1. The van der Waals surface area contributed by atoms with Gasteiger partial charge in [0.15, 0.2) is 0 Å². The first-order valence-corrected chi connectivity index (χ1v) is 11.3. The van der Waals surface area contributed by atoms with Crippen molar-refractivity contribution in [1.82, 2.24) is 15.3 Å². The molecule has 1 atom stereocenters. The third-order valence-corrected chi connectivity index (χ3v) is 4.77. The summed E-state index contributed by atoms with van der Waals surface area (Å²) in [7, 11) is 1.38. The SMILES string of the molecule is CC(C)CC(C)NC=O.CCN.COc1ccc(-c2nc(C)c(C)o2)c2ccc(C(F)(F)F)nc12. The lowest BCUT2D eigenvalue weighted by Crippen LogP contribution is -2.25. The van der Waals surface area contributed by atoms with Crippen LogP contribution in [0, 0.1) is 19.8 Å². The summed E-state index contributed by atoms with van der Waals surface area (Å²) in [5.74, 6) is 1.92. The highest BCUT2D eigenvalue weighted by Crippen LogP contribution is 2.36. The Morgan fingerprint density at radius 1 is 1.14 bits per heavy atom. The van der Waals surface area contributed by atoms with Crippen LogP contribution in [0.1, 0.15) is 51.3 Å². The lowest BCUT2D eigenvalue weighted by molar-refractivity contribution is -0.141. The van der Waals surface area contributed by atoms with Crippen LogP contribution < -0.4 is 15.8 Å². The smallest absolute Gasteiger partial charge is 0.433 e. The van der Waals surface area contributed by atoms with Crippen LogP contribution in [0.5, 0.6) is 5.75 Å². The molecule has 10 heteroatoms. The standard InChI is InChI=1S/C16H13F3N2O2.C7H15NO.C2H7N/c1-8-9(2)23-15(20-8)11-4-6-12(22-3)14-10(11)5-7-13(21-14)16(17,18)19;1-6(2)4-7(3)8-5-9;1-2-3/h4-7H,1-3H3;5-7H,4H2,1-3H3,(H,8,9);2-3H2,1H3. The first-order valence-electron chi connectivity index (χ1n) is 11.3. The highest BCUT2D eigenvalue weighted by Gasteiger charge is 2.33. The fourth-order valence-corrected chi connectivity index (χ4v) is 3.18. The molecule has 0 saturated carbocycles. The van der Waals surface area contributed by atoms with E-state index in [1.807, 2.05) is 13.8 Å². The summed E-state index contributed by atoms with van der Waals surface area (Å²) in [6, 6.07) is 5.87. The molecule has 1 unspecified atom stereocenters. The van der Waals surface area contributed by atoms with E-state index < -0.39 is 11.9 Å². The molecule has 0 radical (unpaired) electrons. The number of carbonyl (C=O) groups excluding carboxylic acids is 1. The van der Waals surface area contributed by atoms with Crippen molar-refractivity contribution in [3.63, 3.8) is 0 Å². The summed E-state index contributed by atoms with van der Waals surface area (Å²) in [4.78, 5) is 17.9. The van der Waals surface area contributed by atoms with Crippen molar-refractivity contribution in [2.24, 2.45) is 11.7 Å². The third kappa shape index (κ3) is 8.86. The molecule has 0 aliphatic rings. The van der Waals surface area contributed by atoms with Gasteiger partial charge in [0.1, 0.15) is 22.7 Å². The average molecular weight is 497 g/mol. The lowest BCUT2D eigenvalue weighted by atomic mass is 10.1. The maximum atomic E-state index is 12.9. The topological polar surface area (TPSA) is 103 Å². The minimum absolute atomic E-state index is 0.119. The number of aromatic nitrogens is 2. The normalized spacial score (nSPS) is 11.8. The van der Waals surface area contributed by atoms with E-state index in [2.05, 4.69) is 29.1 Å². The number of fused-ring (bicyclic) bond motifs is 1. The number of ether oxygens (including phenoxy) is 1. The van der Waals surface area contributed by atoms with Crippen LogP contribution in [0.2, 0.25) is 0 Å². The predicted molar refractivity (Wildman–Crippen MR) is 131 cm³/mol. The predicted octanol–water partition coefficient (Wildman–Crippen LogP) is 5.67. The third-order valence-electron chi connectivity index (χ3n) is 4.77. The number of nitrogens with two attached hydrogens (primary N) is 1. The van der Waals surface area contributed by atoms with Gasteiger partial charge < -0.3 is 20.2 Å². The van der Waals surface area contributed by atoms with Gasteiger partial charge in [-0.3, -0.25) is 4.79 Å². The zero-order valence-electron chi connectivity index (χ0n) is 21.3. The summed E-state index contributed by atoms with van der Waals surface area (Å²) >= 11 is 0. The number of aryl methyl sites for hydroxylation is 2. The Morgan fingerprint density at radius 2 is 1.77 bits per heavy atom. The van der Waals surface area contributed by atoms with E-state index >= 15 is 0 Å². The highest BCUT2D eigenvalue weighted by molar-refractivity contribution is 5.96. The molecule has 7 nitrogen and oxygen atoms in total. The molecular formula is C25H35F3N4O3. The fraction of sp³-hybridized carbons (Fsp3) is 0.480. The van der Waals surface area contributed by atoms with Crippen molar-refractivity contribution in [3.8, 4) is 17.2 Å². The Kier molecular flexibility index (Phi) is 11.7. The Morgan fingerprint density at radius 3 is 2.23 bits per heavy atom. The number of alkyl halides is 3. The van der Waals surface area contributed by atoms with Crippen molar-refractivity contribution in [1.29, 1.82) is 0 Å². The molecule has 0 bridgehead atoms. The first-order chi connectivity index (χ1) is 16.4. The van der Waals surface area contributed by atoms with E-state index in [1.165, 1.54) is 13.2 Å². The molecule has 35 heavy (non-hydrogen) atoms. The number of hydrogen-bond donors (Lipinski definition) is 2. The van der Waals surface area contributed by atoms with Gasteiger partial charge in [0.25, 0.3) is 0 Å². The number of pyridine rings is 1. The van der Waals surface area contributed by atoms with Gasteiger partial charge in [0, 0.05) is 17.0 Å². The molecule has 0 saturated heterocycles. The van der Waals surface area contributed by atoms with Crippen molar-refractivity contribution in [3.05, 3.63) is 41.4 Å². The molecule has 2 aromatic heterocycles. The van der Waals surface area contributed by atoms with Gasteiger partial charge in [-0.1, -0.05) is 20.8 Å². The van der Waals surface area contributed by atoms with Crippen LogP contribution in [0.4, 0.5) is 13.2 Å². The Labute approximate surface area is 204 Å². The molecule has 0 fully saturated rings. The van der Waals surface area contributed by atoms with Gasteiger partial charge in [-0.05, 0) is 63.9 Å². The number of oxazole rings is 1. The van der Waals surface area contributed by atoms with Crippen LogP contribution in [0.15, 0.2) is 28.7 Å². The summed E-state index contributed by atoms with van der Waals surface area (Å²) < 4.78 is 49.4. The molecule has 2 heterocycles. The van der Waals surface area contributed by atoms with Gasteiger partial charge in [0.2, 0.25) is 12.3 Å². The Bertz CT molecular complexity index is 1060. The molecule has 0 aliphatic heterocycles. The minimum atomic E-state index is -4.52. The monoisotopic (exact) mass is 496 g/mol. The van der Waals surface area contributed by atoms with Crippen molar-refractivity contribution < 1.29 is 27.1 Å². The second-order valence-corrected chi connectivity index (χ2v) is 8.29. The number of nitrogens with zero attached hydrogens (tertiary/aromatic N) is 2. The van der Waals surface area contributed by atoms with Gasteiger partial charge in [-0.25, -0.2) is 9.97 Å². The molecule has 1 amide bonds. The summed E-state index contributed by atoms with van der Waals surface area (Å²) in [5, 5.41) is 3.18. The molecule has 1 aromatic carbocycles. The summed E-state index contributed by atoms with van der Waals surface area (Å²) in [6.45, 7) is 12.5. The number of hydrogen-bond acceptors (Lipinski definition) is 6. The van der Waals surface area contributed by atoms with Gasteiger partial charge >= 0.3 is 6.18 Å². The van der Waals surface area contributed by atoms with E-state index in [0.29, 0.717) is 34.6 Å². The highest BCUT2D eigenvalue weighted by atomic mass is 19.4. The largest absolute Gasteiger partial charge is 0.494 e. The van der Waals surface area contributed by atoms with Crippen molar-refractivity contribution >= 4 is 17.3 Å². The number of halogens is 3. The van der Waals surface area contributed by atoms with Crippen molar-refractivity contribution in [2.45, 2.75) is 60.2 Å². The zero-order valence-corrected chi connectivity index (χ0v) is 21.3. The molecule has 0 spiro atoms. The lowest BCUT2D eigenvalue weighted by Gasteiger charge is -2.11. The number of amides is 1. The molecular weight excluding hydrogens is 461 g/mol. The van der Waals surface area contributed by atoms with Crippen LogP contribution in [0.3, 0.4) is 0 Å². The fourth-order valence-electron chi connectivity index (χ4n) is 3.18. The maximum absolute atomic E-state index is 12.9. The van der Waals surface area contributed by atoms with Crippen molar-refractivity contribution in [2.75, 3.05) is 13.7 Å². The first kappa shape index (κ1) is 29.9. The number of carbonyl (C=O) groups is 1. The van der Waals surface area contributed by atoms with Gasteiger partial charge in [-0.15, -0.1) is 0 Å². The number of benzene rings is 1. The second-order valence-electron chi connectivity index (χ2n) is 8.29. The maximum Gasteiger partial charge on any atom is 0.433 e. The number of rotatable bonds is 6.